The molecule has 12 heteroatoms. The van der Waals surface area contributed by atoms with Crippen LogP contribution >= 0.6 is 0 Å². The van der Waals surface area contributed by atoms with E-state index in [1.807, 2.05) is 0 Å². The third-order valence-corrected chi connectivity index (χ3v) is 5.15. The van der Waals surface area contributed by atoms with E-state index in [0.29, 0.717) is 11.4 Å². The Morgan fingerprint density at radius 3 is 1.81 bits per heavy atom. The van der Waals surface area contributed by atoms with Crippen molar-refractivity contribution in [1.29, 1.82) is 0 Å². The number of amides is 4. The van der Waals surface area contributed by atoms with Gasteiger partial charge in [0.05, 0.1) is 11.5 Å². The summed E-state index contributed by atoms with van der Waals surface area (Å²) in [6, 6.07) is 3.68. The summed E-state index contributed by atoms with van der Waals surface area (Å²) in [4.78, 5) is 23.6. The number of nitrogens with one attached hydrogen (secondary N) is 4. The van der Waals surface area contributed by atoms with Gasteiger partial charge in [0, 0.05) is 37.0 Å². The Kier molecular flexibility index (Phi) is 8.03. The highest BCUT2D eigenvalue weighted by Gasteiger charge is 2.09. The monoisotopic (exact) mass is 420 g/mol. The van der Waals surface area contributed by atoms with Crippen molar-refractivity contribution in [2.24, 2.45) is 0 Å². The molecule has 1 rings (SSSR count). The fourth-order valence-electron chi connectivity index (χ4n) is 1.88. The van der Waals surface area contributed by atoms with Crippen molar-refractivity contribution >= 4 is 43.1 Å². The second kappa shape index (κ2) is 9.55. The second-order valence-electron chi connectivity index (χ2n) is 6.05. The van der Waals surface area contributed by atoms with Gasteiger partial charge in [0.2, 0.25) is 0 Å². The maximum absolute atomic E-state index is 11.8. The van der Waals surface area contributed by atoms with Gasteiger partial charge >= 0.3 is 12.1 Å². The number of sulfone groups is 2. The minimum Gasteiger partial charge on any atom is -0.337 e. The topological polar surface area (TPSA) is 151 Å². The van der Waals surface area contributed by atoms with Crippen LogP contribution in [-0.4, -0.2) is 66.0 Å². The molecular weight excluding hydrogens is 396 g/mol. The van der Waals surface area contributed by atoms with Gasteiger partial charge in [-0.15, -0.1) is 0 Å². The predicted molar refractivity (Wildman–Crippen MR) is 105 cm³/mol. The quantitative estimate of drug-likeness (QED) is 0.476. The lowest BCUT2D eigenvalue weighted by Crippen LogP contribution is -2.33. The molecular formula is C15H24N4O6S2. The van der Waals surface area contributed by atoms with Gasteiger partial charge in [-0.1, -0.05) is 6.07 Å². The Balaban J connectivity index is 2.60. The first-order valence-corrected chi connectivity index (χ1v) is 12.0. The van der Waals surface area contributed by atoms with Crippen molar-refractivity contribution in [2.45, 2.75) is 6.92 Å². The van der Waals surface area contributed by atoms with Gasteiger partial charge in [0.15, 0.2) is 0 Å². The molecule has 152 valence electrons. The van der Waals surface area contributed by atoms with Crippen LogP contribution in [0, 0.1) is 6.92 Å². The summed E-state index contributed by atoms with van der Waals surface area (Å²) in [6.45, 7) is 1.71. The molecule has 0 bridgehead atoms. The van der Waals surface area contributed by atoms with E-state index in [9.17, 15) is 26.4 Å². The van der Waals surface area contributed by atoms with Gasteiger partial charge < -0.3 is 21.3 Å². The van der Waals surface area contributed by atoms with Gasteiger partial charge in [-0.3, -0.25) is 0 Å². The molecule has 0 atom stereocenters. The Labute approximate surface area is 158 Å². The number of urea groups is 2. The van der Waals surface area contributed by atoms with Gasteiger partial charge in [-0.05, 0) is 24.6 Å². The summed E-state index contributed by atoms with van der Waals surface area (Å²) < 4.78 is 44.2. The molecule has 1 aromatic rings. The first-order chi connectivity index (χ1) is 12.4. The molecule has 0 aliphatic carbocycles. The number of anilines is 2. The molecule has 0 spiro atoms. The van der Waals surface area contributed by atoms with E-state index in [4.69, 9.17) is 0 Å². The SMILES string of the molecule is Cc1ccc(NC(=O)NCCS(C)(=O)=O)cc1NC(=O)NCCS(C)(=O)=O. The third kappa shape index (κ3) is 10.4. The van der Waals surface area contributed by atoms with E-state index in [2.05, 4.69) is 21.3 Å². The van der Waals surface area contributed by atoms with Crippen molar-refractivity contribution in [3.63, 3.8) is 0 Å². The molecule has 0 heterocycles. The zero-order valence-electron chi connectivity index (χ0n) is 15.3. The van der Waals surface area contributed by atoms with Crippen LogP contribution in [0.5, 0.6) is 0 Å². The standard InChI is InChI=1S/C15H24N4O6S2/c1-11-4-5-12(18-14(20)16-6-8-26(2,22)23)10-13(11)19-15(21)17-7-9-27(3,24)25/h4-5,10H,6-9H2,1-3H3,(H2,16,18,20)(H2,17,19,21). The summed E-state index contributed by atoms with van der Waals surface area (Å²) in [5.74, 6) is -0.344. The van der Waals surface area contributed by atoms with Crippen molar-refractivity contribution < 1.29 is 26.4 Å². The van der Waals surface area contributed by atoms with E-state index in [0.717, 1.165) is 18.1 Å². The molecule has 0 saturated heterocycles. The number of carbonyl (C=O) groups is 2. The molecule has 4 amide bonds. The predicted octanol–water partition coefficient (Wildman–Crippen LogP) is 0.327. The van der Waals surface area contributed by atoms with E-state index in [1.54, 1.807) is 19.1 Å². The van der Waals surface area contributed by atoms with Crippen molar-refractivity contribution in [1.82, 2.24) is 10.6 Å². The Bertz CT molecular complexity index is 897. The largest absolute Gasteiger partial charge is 0.337 e. The number of rotatable bonds is 8. The Morgan fingerprint density at radius 1 is 0.852 bits per heavy atom. The first kappa shape index (κ1) is 22.7. The number of aryl methyl sites for hydroxylation is 1. The normalized spacial score (nSPS) is 11.5. The lowest BCUT2D eigenvalue weighted by molar-refractivity contribution is 0.252. The highest BCUT2D eigenvalue weighted by Crippen LogP contribution is 2.20. The zero-order chi connectivity index (χ0) is 20.7. The summed E-state index contributed by atoms with van der Waals surface area (Å²) in [6.07, 6.45) is 2.15. The van der Waals surface area contributed by atoms with Crippen molar-refractivity contribution in [3.8, 4) is 0 Å². The highest BCUT2D eigenvalue weighted by atomic mass is 32.2. The lowest BCUT2D eigenvalue weighted by atomic mass is 10.2. The molecule has 4 N–H and O–H groups in total. The minimum atomic E-state index is -3.17. The molecule has 0 saturated carbocycles. The van der Waals surface area contributed by atoms with Crippen LogP contribution in [0.2, 0.25) is 0 Å². The summed E-state index contributed by atoms with van der Waals surface area (Å²) in [7, 11) is -6.34. The van der Waals surface area contributed by atoms with Gasteiger partial charge in [-0.25, -0.2) is 26.4 Å². The molecule has 0 aromatic heterocycles. The van der Waals surface area contributed by atoms with Crippen LogP contribution < -0.4 is 21.3 Å². The third-order valence-electron chi connectivity index (χ3n) is 3.26. The Hall–Kier alpha value is -2.34. The molecule has 1 aromatic carbocycles. The van der Waals surface area contributed by atoms with Crippen molar-refractivity contribution in [3.05, 3.63) is 23.8 Å². The van der Waals surface area contributed by atoms with Crippen molar-refractivity contribution in [2.75, 3.05) is 47.7 Å². The maximum atomic E-state index is 11.8. The molecule has 0 aliphatic heterocycles. The number of hydrogen-bond acceptors (Lipinski definition) is 6. The van der Waals surface area contributed by atoms with Crippen LogP contribution in [-0.2, 0) is 19.7 Å². The number of benzene rings is 1. The lowest BCUT2D eigenvalue weighted by Gasteiger charge is -2.12. The summed E-state index contributed by atoms with van der Waals surface area (Å²) in [5, 5.41) is 9.96. The fraction of sp³-hybridized carbons (Fsp3) is 0.467. The highest BCUT2D eigenvalue weighted by molar-refractivity contribution is 7.90. The van der Waals surface area contributed by atoms with Gasteiger partial charge in [0.25, 0.3) is 0 Å². The van der Waals surface area contributed by atoms with Crippen LogP contribution in [0.15, 0.2) is 18.2 Å². The molecule has 27 heavy (non-hydrogen) atoms. The van der Waals surface area contributed by atoms with E-state index in [1.165, 1.54) is 6.07 Å². The average molecular weight is 421 g/mol. The van der Waals surface area contributed by atoms with Crippen LogP contribution in [0.25, 0.3) is 0 Å². The summed E-state index contributed by atoms with van der Waals surface area (Å²) in [5.41, 5.74) is 1.56. The number of hydrogen-bond donors (Lipinski definition) is 4. The summed E-state index contributed by atoms with van der Waals surface area (Å²) >= 11 is 0. The molecule has 0 radical (unpaired) electrons. The van der Waals surface area contributed by atoms with E-state index in [-0.39, 0.29) is 24.6 Å². The smallest absolute Gasteiger partial charge is 0.319 e. The second-order valence-corrected chi connectivity index (χ2v) is 10.6. The Morgan fingerprint density at radius 2 is 1.33 bits per heavy atom. The zero-order valence-corrected chi connectivity index (χ0v) is 17.0. The van der Waals surface area contributed by atoms with Gasteiger partial charge in [-0.2, -0.15) is 0 Å². The molecule has 10 nitrogen and oxygen atoms in total. The molecule has 0 aliphatic rings. The molecule has 0 unspecified atom stereocenters. The van der Waals surface area contributed by atoms with E-state index >= 15 is 0 Å². The molecule has 0 fully saturated rings. The average Bonchev–Trinajstić information content (AvgIpc) is 2.48. The maximum Gasteiger partial charge on any atom is 0.319 e. The van der Waals surface area contributed by atoms with Crippen LogP contribution in [0.3, 0.4) is 0 Å². The van der Waals surface area contributed by atoms with Crippen LogP contribution in [0.1, 0.15) is 5.56 Å². The van der Waals surface area contributed by atoms with E-state index < -0.39 is 31.7 Å². The first-order valence-electron chi connectivity index (χ1n) is 7.91. The minimum absolute atomic E-state index is 0.0234. The van der Waals surface area contributed by atoms with Gasteiger partial charge in [0.1, 0.15) is 19.7 Å². The fourth-order valence-corrected chi connectivity index (χ4v) is 2.82. The number of carbonyl (C=O) groups excluding carboxylic acids is 2. The van der Waals surface area contributed by atoms with Crippen LogP contribution in [0.4, 0.5) is 21.0 Å².